The summed E-state index contributed by atoms with van der Waals surface area (Å²) in [6.45, 7) is 7.14. The minimum absolute atomic E-state index is 0.0493. The molecule has 1 heterocycles. The highest BCUT2D eigenvalue weighted by molar-refractivity contribution is 7.99. The number of rotatable bonds is 4. The first-order valence-corrected chi connectivity index (χ1v) is 7.61. The van der Waals surface area contributed by atoms with Gasteiger partial charge < -0.3 is 5.32 Å². The predicted molar refractivity (Wildman–Crippen MR) is 84.2 cm³/mol. The molecule has 1 aromatic carbocycles. The molecule has 0 unspecified atom stereocenters. The van der Waals surface area contributed by atoms with Crippen molar-refractivity contribution in [2.45, 2.75) is 42.8 Å². The molecule has 0 radical (unpaired) electrons. The van der Waals surface area contributed by atoms with Crippen LogP contribution < -0.4 is 5.32 Å². The van der Waals surface area contributed by atoms with Gasteiger partial charge in [-0.1, -0.05) is 29.4 Å². The first-order valence-electron chi connectivity index (χ1n) is 6.42. The molecule has 0 saturated heterocycles. The van der Waals surface area contributed by atoms with Gasteiger partial charge in [0.15, 0.2) is 0 Å². The third kappa shape index (κ3) is 4.47. The summed E-state index contributed by atoms with van der Waals surface area (Å²) >= 11 is 7.92. The smallest absolute Gasteiger partial charge is 0.119 e. The molecular formula is C15H18ClN3S. The summed E-state index contributed by atoms with van der Waals surface area (Å²) in [5.74, 6) is 0. The average molecular weight is 308 g/mol. The third-order valence-electron chi connectivity index (χ3n) is 2.63. The van der Waals surface area contributed by atoms with E-state index in [4.69, 9.17) is 11.6 Å². The molecule has 5 heteroatoms. The van der Waals surface area contributed by atoms with E-state index < -0.39 is 0 Å². The first kappa shape index (κ1) is 15.3. The van der Waals surface area contributed by atoms with Gasteiger partial charge in [-0.3, -0.25) is 4.98 Å². The number of nitrogens with zero attached hydrogens (tertiary/aromatic N) is 2. The van der Waals surface area contributed by atoms with Crippen LogP contribution in [0.3, 0.4) is 0 Å². The van der Waals surface area contributed by atoms with Crippen molar-refractivity contribution in [2.75, 3.05) is 0 Å². The SMILES string of the molecule is CC(C)(C)NCc1c(Cl)cccc1Sc1cnccn1. The van der Waals surface area contributed by atoms with Crippen molar-refractivity contribution >= 4 is 23.4 Å². The van der Waals surface area contributed by atoms with Gasteiger partial charge >= 0.3 is 0 Å². The molecule has 0 fully saturated rings. The average Bonchev–Trinajstić information content (AvgIpc) is 2.38. The number of hydrogen-bond donors (Lipinski definition) is 1. The van der Waals surface area contributed by atoms with Gasteiger partial charge in [0.25, 0.3) is 0 Å². The highest BCUT2D eigenvalue weighted by Gasteiger charge is 2.13. The molecule has 2 aromatic rings. The molecule has 0 aliphatic heterocycles. The molecule has 0 bridgehead atoms. The van der Waals surface area contributed by atoms with Gasteiger partial charge in [-0.2, -0.15) is 0 Å². The van der Waals surface area contributed by atoms with Crippen molar-refractivity contribution < 1.29 is 0 Å². The van der Waals surface area contributed by atoms with E-state index in [-0.39, 0.29) is 5.54 Å². The number of benzene rings is 1. The molecule has 1 aromatic heterocycles. The van der Waals surface area contributed by atoms with Crippen molar-refractivity contribution in [1.29, 1.82) is 0 Å². The Morgan fingerprint density at radius 2 is 2.05 bits per heavy atom. The van der Waals surface area contributed by atoms with E-state index in [9.17, 15) is 0 Å². The third-order valence-corrected chi connectivity index (χ3v) is 4.00. The van der Waals surface area contributed by atoms with Gasteiger partial charge in [-0.05, 0) is 38.5 Å². The zero-order valence-corrected chi connectivity index (χ0v) is 13.4. The second-order valence-electron chi connectivity index (χ2n) is 5.47. The summed E-state index contributed by atoms with van der Waals surface area (Å²) in [7, 11) is 0. The van der Waals surface area contributed by atoms with Gasteiger partial charge in [0, 0.05) is 34.4 Å². The summed E-state index contributed by atoms with van der Waals surface area (Å²) in [6, 6.07) is 5.94. The highest BCUT2D eigenvalue weighted by atomic mass is 35.5. The summed E-state index contributed by atoms with van der Waals surface area (Å²) in [5, 5.41) is 5.11. The van der Waals surface area contributed by atoms with Crippen LogP contribution in [0.2, 0.25) is 5.02 Å². The lowest BCUT2D eigenvalue weighted by molar-refractivity contribution is 0.422. The fraction of sp³-hybridized carbons (Fsp3) is 0.333. The summed E-state index contributed by atoms with van der Waals surface area (Å²) in [4.78, 5) is 9.48. The van der Waals surface area contributed by atoms with Crippen LogP contribution >= 0.6 is 23.4 Å². The van der Waals surface area contributed by atoms with E-state index in [1.807, 2.05) is 12.1 Å². The quantitative estimate of drug-likeness (QED) is 0.920. The second-order valence-corrected chi connectivity index (χ2v) is 6.94. The number of halogens is 1. The Labute approximate surface area is 129 Å². The topological polar surface area (TPSA) is 37.8 Å². The van der Waals surface area contributed by atoms with Crippen molar-refractivity contribution in [3.8, 4) is 0 Å². The fourth-order valence-corrected chi connectivity index (χ4v) is 2.81. The lowest BCUT2D eigenvalue weighted by Crippen LogP contribution is -2.35. The minimum Gasteiger partial charge on any atom is -0.308 e. The molecule has 0 amide bonds. The molecule has 3 nitrogen and oxygen atoms in total. The van der Waals surface area contributed by atoms with Gasteiger partial charge in [0.1, 0.15) is 5.03 Å². The van der Waals surface area contributed by atoms with Crippen LogP contribution in [0.1, 0.15) is 26.3 Å². The predicted octanol–water partition coefficient (Wildman–Crippen LogP) is 4.17. The van der Waals surface area contributed by atoms with Crippen LogP contribution in [0, 0.1) is 0 Å². The number of hydrogen-bond acceptors (Lipinski definition) is 4. The minimum atomic E-state index is 0.0493. The lowest BCUT2D eigenvalue weighted by Gasteiger charge is -2.22. The molecule has 0 atom stereocenters. The monoisotopic (exact) mass is 307 g/mol. The Morgan fingerprint density at radius 3 is 2.70 bits per heavy atom. The lowest BCUT2D eigenvalue weighted by atomic mass is 10.1. The molecule has 0 saturated carbocycles. The molecule has 0 spiro atoms. The molecular weight excluding hydrogens is 290 g/mol. The standard InChI is InChI=1S/C15H18ClN3S/c1-15(2,3)19-9-11-12(16)5-4-6-13(11)20-14-10-17-7-8-18-14/h4-8,10,19H,9H2,1-3H3. The Morgan fingerprint density at radius 1 is 1.25 bits per heavy atom. The fourth-order valence-electron chi connectivity index (χ4n) is 1.61. The molecule has 0 aliphatic rings. The van der Waals surface area contributed by atoms with Gasteiger partial charge in [-0.15, -0.1) is 0 Å². The highest BCUT2D eigenvalue weighted by Crippen LogP contribution is 2.32. The van der Waals surface area contributed by atoms with Gasteiger partial charge in [-0.25, -0.2) is 4.98 Å². The van der Waals surface area contributed by atoms with Crippen LogP contribution in [-0.4, -0.2) is 15.5 Å². The van der Waals surface area contributed by atoms with Crippen molar-refractivity contribution in [2.24, 2.45) is 0 Å². The maximum atomic E-state index is 6.34. The molecule has 106 valence electrons. The largest absolute Gasteiger partial charge is 0.308 e. The van der Waals surface area contributed by atoms with Crippen LogP contribution in [0.5, 0.6) is 0 Å². The molecule has 0 aliphatic carbocycles. The molecule has 2 rings (SSSR count). The van der Waals surface area contributed by atoms with Crippen LogP contribution in [0.4, 0.5) is 0 Å². The Kier molecular flexibility index (Phi) is 5.02. The maximum absolute atomic E-state index is 6.34. The van der Waals surface area contributed by atoms with E-state index in [1.165, 1.54) is 0 Å². The Balaban J connectivity index is 2.22. The second kappa shape index (κ2) is 6.57. The van der Waals surface area contributed by atoms with E-state index in [0.29, 0.717) is 0 Å². The van der Waals surface area contributed by atoms with E-state index in [0.717, 1.165) is 27.1 Å². The maximum Gasteiger partial charge on any atom is 0.119 e. The summed E-state index contributed by atoms with van der Waals surface area (Å²) in [5.41, 5.74) is 1.15. The van der Waals surface area contributed by atoms with Gasteiger partial charge in [0.05, 0.1) is 6.20 Å². The van der Waals surface area contributed by atoms with E-state index in [1.54, 1.807) is 30.4 Å². The zero-order chi connectivity index (χ0) is 14.6. The normalized spacial score (nSPS) is 11.6. The Bertz CT molecular complexity index is 567. The summed E-state index contributed by atoms with van der Waals surface area (Å²) in [6.07, 6.45) is 5.12. The first-order chi connectivity index (χ1) is 9.46. The van der Waals surface area contributed by atoms with Gasteiger partial charge in [0.2, 0.25) is 0 Å². The van der Waals surface area contributed by atoms with E-state index >= 15 is 0 Å². The van der Waals surface area contributed by atoms with Crippen LogP contribution in [0.15, 0.2) is 46.7 Å². The van der Waals surface area contributed by atoms with E-state index in [2.05, 4.69) is 42.1 Å². The van der Waals surface area contributed by atoms with Crippen molar-refractivity contribution in [3.05, 3.63) is 47.4 Å². The zero-order valence-electron chi connectivity index (χ0n) is 11.9. The number of nitrogens with one attached hydrogen (secondary N) is 1. The van der Waals surface area contributed by atoms with Crippen LogP contribution in [0.25, 0.3) is 0 Å². The van der Waals surface area contributed by atoms with Crippen molar-refractivity contribution in [1.82, 2.24) is 15.3 Å². The van der Waals surface area contributed by atoms with Crippen molar-refractivity contribution in [3.63, 3.8) is 0 Å². The Hall–Kier alpha value is -1.10. The number of aromatic nitrogens is 2. The summed E-state index contributed by atoms with van der Waals surface area (Å²) < 4.78 is 0. The molecule has 20 heavy (non-hydrogen) atoms. The molecule has 1 N–H and O–H groups in total. The van der Waals surface area contributed by atoms with Crippen LogP contribution in [-0.2, 0) is 6.54 Å².